The van der Waals surface area contributed by atoms with Crippen LogP contribution in [0.25, 0.3) is 0 Å². The molecule has 0 aliphatic carbocycles. The van der Waals surface area contributed by atoms with Crippen molar-refractivity contribution in [2.45, 2.75) is 4.90 Å². The summed E-state index contributed by atoms with van der Waals surface area (Å²) in [4.78, 5) is 0.163. The Bertz CT molecular complexity index is 356. The minimum Gasteiger partial charge on any atom is -0.398 e. The van der Waals surface area contributed by atoms with Gasteiger partial charge in [-0.25, -0.2) is 8.42 Å². The third kappa shape index (κ3) is 1.71. The summed E-state index contributed by atoms with van der Waals surface area (Å²) in [7, 11) is -3.18. The van der Waals surface area contributed by atoms with Gasteiger partial charge in [0, 0.05) is 6.26 Å². The van der Waals surface area contributed by atoms with Crippen molar-refractivity contribution in [3.05, 3.63) is 24.3 Å². The Labute approximate surface area is 65.8 Å². The average Bonchev–Trinajstić information content (AvgIpc) is 1.86. The Hall–Kier alpha value is -1.03. The number of nitrogen functional groups attached to an aromatic ring is 1. The minimum absolute atomic E-state index is 0.163. The summed E-state index contributed by atoms with van der Waals surface area (Å²) >= 11 is 0. The molecule has 0 aliphatic heterocycles. The molecule has 11 heavy (non-hydrogen) atoms. The Kier molecular flexibility index (Phi) is 1.87. The zero-order chi connectivity index (χ0) is 8.48. The van der Waals surface area contributed by atoms with Crippen LogP contribution in [0.5, 0.6) is 0 Å². The molecule has 0 amide bonds. The Morgan fingerprint density at radius 1 is 1.55 bits per heavy atom. The SMILES string of the molecule is CS(=O)(=O)c1cc[c]cc1N. The summed E-state index contributed by atoms with van der Waals surface area (Å²) in [5, 5.41) is 0. The third-order valence-corrected chi connectivity index (χ3v) is 2.42. The molecule has 59 valence electrons. The molecule has 3 nitrogen and oxygen atoms in total. The minimum atomic E-state index is -3.18. The summed E-state index contributed by atoms with van der Waals surface area (Å²) in [6.45, 7) is 0. The predicted octanol–water partition coefficient (Wildman–Crippen LogP) is 0.472. The maximum Gasteiger partial charge on any atom is 0.177 e. The first-order chi connectivity index (χ1) is 5.02. The maximum atomic E-state index is 11.0. The monoisotopic (exact) mass is 170 g/mol. The van der Waals surface area contributed by atoms with Crippen LogP contribution in [0, 0.1) is 6.07 Å². The smallest absolute Gasteiger partial charge is 0.177 e. The Balaban J connectivity index is 3.37. The second kappa shape index (κ2) is 2.54. The van der Waals surface area contributed by atoms with Crippen LogP contribution in [-0.2, 0) is 9.84 Å². The van der Waals surface area contributed by atoms with Gasteiger partial charge in [-0.3, -0.25) is 0 Å². The lowest BCUT2D eigenvalue weighted by molar-refractivity contribution is 0.602. The summed E-state index contributed by atoms with van der Waals surface area (Å²) in [6.07, 6.45) is 1.12. The molecule has 0 unspecified atom stereocenters. The molecule has 1 aromatic rings. The van der Waals surface area contributed by atoms with E-state index in [9.17, 15) is 8.42 Å². The quantitative estimate of drug-likeness (QED) is 0.623. The van der Waals surface area contributed by atoms with Gasteiger partial charge in [0.1, 0.15) is 0 Å². The van der Waals surface area contributed by atoms with Crippen LogP contribution in [0.1, 0.15) is 0 Å². The van der Waals surface area contributed by atoms with Crippen molar-refractivity contribution in [2.24, 2.45) is 0 Å². The lowest BCUT2D eigenvalue weighted by Crippen LogP contribution is -2.01. The average molecular weight is 170 g/mol. The summed E-state index contributed by atoms with van der Waals surface area (Å²) in [5.74, 6) is 0. The van der Waals surface area contributed by atoms with Crippen molar-refractivity contribution >= 4 is 15.5 Å². The number of sulfone groups is 1. The maximum absolute atomic E-state index is 11.0. The first-order valence-corrected chi connectivity index (χ1v) is 4.86. The van der Waals surface area contributed by atoms with Gasteiger partial charge in [-0.1, -0.05) is 6.07 Å². The van der Waals surface area contributed by atoms with E-state index in [0.29, 0.717) is 0 Å². The standard InChI is InChI=1S/C7H8NO2S/c1-11(9,10)7-5-3-2-4-6(7)8/h3-5H,8H2,1H3. The van der Waals surface area contributed by atoms with Crippen molar-refractivity contribution in [2.75, 3.05) is 12.0 Å². The van der Waals surface area contributed by atoms with Gasteiger partial charge in [0.2, 0.25) is 0 Å². The molecule has 0 aliphatic rings. The van der Waals surface area contributed by atoms with Crippen molar-refractivity contribution in [3.8, 4) is 0 Å². The Morgan fingerprint density at radius 2 is 2.18 bits per heavy atom. The van der Waals surface area contributed by atoms with Crippen molar-refractivity contribution < 1.29 is 8.42 Å². The highest BCUT2D eigenvalue weighted by Crippen LogP contribution is 2.15. The fourth-order valence-corrected chi connectivity index (χ4v) is 1.57. The fourth-order valence-electron chi connectivity index (χ4n) is 0.767. The normalized spacial score (nSPS) is 11.4. The van der Waals surface area contributed by atoms with Crippen LogP contribution >= 0.6 is 0 Å². The van der Waals surface area contributed by atoms with Gasteiger partial charge in [0.25, 0.3) is 0 Å². The van der Waals surface area contributed by atoms with E-state index in [1.54, 1.807) is 0 Å². The highest BCUT2D eigenvalue weighted by Gasteiger charge is 2.08. The van der Waals surface area contributed by atoms with Crippen molar-refractivity contribution in [3.63, 3.8) is 0 Å². The van der Waals surface area contributed by atoms with E-state index in [0.717, 1.165) is 6.26 Å². The van der Waals surface area contributed by atoms with Crippen LogP contribution in [-0.4, -0.2) is 14.7 Å². The van der Waals surface area contributed by atoms with E-state index in [2.05, 4.69) is 6.07 Å². The van der Waals surface area contributed by atoms with E-state index in [4.69, 9.17) is 5.73 Å². The topological polar surface area (TPSA) is 60.2 Å². The zero-order valence-corrected chi connectivity index (χ0v) is 6.85. The molecule has 0 fully saturated rings. The number of rotatable bonds is 1. The van der Waals surface area contributed by atoms with Gasteiger partial charge >= 0.3 is 0 Å². The van der Waals surface area contributed by atoms with Crippen LogP contribution in [0.4, 0.5) is 5.69 Å². The van der Waals surface area contributed by atoms with Crippen LogP contribution in [0.15, 0.2) is 23.1 Å². The van der Waals surface area contributed by atoms with Crippen molar-refractivity contribution in [1.82, 2.24) is 0 Å². The van der Waals surface area contributed by atoms with E-state index >= 15 is 0 Å². The zero-order valence-electron chi connectivity index (χ0n) is 6.03. The number of nitrogens with two attached hydrogens (primary N) is 1. The van der Waals surface area contributed by atoms with Gasteiger partial charge in [0.05, 0.1) is 10.6 Å². The van der Waals surface area contributed by atoms with Gasteiger partial charge < -0.3 is 5.73 Å². The molecule has 1 radical (unpaired) electrons. The van der Waals surface area contributed by atoms with Gasteiger partial charge in [-0.2, -0.15) is 0 Å². The summed E-state index contributed by atoms with van der Waals surface area (Å²) < 4.78 is 21.9. The van der Waals surface area contributed by atoms with Crippen LogP contribution < -0.4 is 5.73 Å². The molecule has 0 heterocycles. The van der Waals surface area contributed by atoms with Gasteiger partial charge in [-0.15, -0.1) is 0 Å². The molecular weight excluding hydrogens is 162 g/mol. The van der Waals surface area contributed by atoms with Gasteiger partial charge in [-0.05, 0) is 18.2 Å². The molecule has 0 bridgehead atoms. The molecule has 1 rings (SSSR count). The highest BCUT2D eigenvalue weighted by atomic mass is 32.2. The number of benzene rings is 1. The van der Waals surface area contributed by atoms with E-state index < -0.39 is 9.84 Å². The molecule has 4 heteroatoms. The van der Waals surface area contributed by atoms with E-state index in [1.165, 1.54) is 18.2 Å². The molecule has 0 spiro atoms. The van der Waals surface area contributed by atoms with E-state index in [1.807, 2.05) is 0 Å². The molecular formula is C7H8NO2S. The second-order valence-corrected chi connectivity index (χ2v) is 4.22. The molecule has 1 aromatic carbocycles. The number of hydrogen-bond donors (Lipinski definition) is 1. The first kappa shape index (κ1) is 8.07. The number of anilines is 1. The largest absolute Gasteiger partial charge is 0.398 e. The highest BCUT2D eigenvalue weighted by molar-refractivity contribution is 7.90. The van der Waals surface area contributed by atoms with Gasteiger partial charge in [0.15, 0.2) is 9.84 Å². The first-order valence-electron chi connectivity index (χ1n) is 2.97. The van der Waals surface area contributed by atoms with E-state index in [-0.39, 0.29) is 10.6 Å². The predicted molar refractivity (Wildman–Crippen MR) is 42.8 cm³/mol. The molecule has 0 aromatic heterocycles. The summed E-state index contributed by atoms with van der Waals surface area (Å²) in [5.41, 5.74) is 5.64. The Morgan fingerprint density at radius 3 is 2.55 bits per heavy atom. The van der Waals surface area contributed by atoms with Crippen LogP contribution in [0.3, 0.4) is 0 Å². The van der Waals surface area contributed by atoms with Crippen molar-refractivity contribution in [1.29, 1.82) is 0 Å². The molecule has 2 N–H and O–H groups in total. The van der Waals surface area contributed by atoms with Crippen LogP contribution in [0.2, 0.25) is 0 Å². The lowest BCUT2D eigenvalue weighted by atomic mass is 10.3. The number of hydrogen-bond acceptors (Lipinski definition) is 3. The fraction of sp³-hybridized carbons (Fsp3) is 0.143. The third-order valence-electron chi connectivity index (χ3n) is 1.25. The summed E-state index contributed by atoms with van der Waals surface area (Å²) in [6, 6.07) is 7.08. The molecule has 0 saturated heterocycles. The second-order valence-electron chi connectivity index (χ2n) is 2.24. The molecule has 0 atom stereocenters. The lowest BCUT2D eigenvalue weighted by Gasteiger charge is -2.00. The molecule has 0 saturated carbocycles.